The number of hydrogen-bond donors (Lipinski definition) is 0. The van der Waals surface area contributed by atoms with Crippen molar-refractivity contribution in [2.24, 2.45) is 4.99 Å². The third kappa shape index (κ3) is 2.91. The predicted molar refractivity (Wildman–Crippen MR) is 96.2 cm³/mol. The number of rotatable bonds is 2. The van der Waals surface area contributed by atoms with Crippen molar-refractivity contribution in [3.05, 3.63) is 36.4 Å². The Bertz CT molecular complexity index is 624. The van der Waals surface area contributed by atoms with Gasteiger partial charge in [0.05, 0.1) is 17.0 Å². The fraction of sp³-hybridized carbons (Fsp3) is 0.154. The van der Waals surface area contributed by atoms with Crippen LogP contribution in [0.1, 0.15) is 0 Å². The summed E-state index contributed by atoms with van der Waals surface area (Å²) in [6.07, 6.45) is 1.80. The van der Waals surface area contributed by atoms with E-state index in [9.17, 15) is 0 Å². The molecule has 0 atom stereocenters. The molecular weight excluding hydrogens is 473 g/mol. The lowest BCUT2D eigenvalue weighted by Gasteiger charge is -2.10. The highest BCUT2D eigenvalue weighted by Crippen LogP contribution is 2.38. The summed E-state index contributed by atoms with van der Waals surface area (Å²) in [7, 11) is 3.90. The Hall–Kier alpha value is -0.0800. The molecule has 0 amide bonds. The van der Waals surface area contributed by atoms with Crippen molar-refractivity contribution in [3.8, 4) is 0 Å². The first-order chi connectivity index (χ1) is 8.50. The van der Waals surface area contributed by atoms with Gasteiger partial charge < -0.3 is 4.90 Å². The van der Waals surface area contributed by atoms with E-state index in [1.165, 1.54) is 3.57 Å². The van der Waals surface area contributed by atoms with E-state index in [0.717, 1.165) is 25.1 Å². The van der Waals surface area contributed by atoms with Crippen LogP contribution in [0, 0.1) is 7.14 Å². The summed E-state index contributed by atoms with van der Waals surface area (Å²) < 4.78 is 2.30. The Morgan fingerprint density at radius 3 is 2.61 bits per heavy atom. The average Bonchev–Trinajstić information content (AvgIpc) is 2.29. The minimum atomic E-state index is 0.745. The molecule has 0 unspecified atom stereocenters. The summed E-state index contributed by atoms with van der Waals surface area (Å²) in [5.41, 5.74) is 0.935. The minimum Gasteiger partial charge on any atom is -0.369 e. The van der Waals surface area contributed by atoms with Crippen molar-refractivity contribution in [1.82, 2.24) is 4.90 Å². The van der Waals surface area contributed by atoms with Gasteiger partial charge in [0.2, 0.25) is 0 Å². The molecule has 2 aromatic carbocycles. The molecule has 0 spiro atoms. The van der Waals surface area contributed by atoms with Crippen molar-refractivity contribution in [3.63, 3.8) is 0 Å². The summed E-state index contributed by atoms with van der Waals surface area (Å²) in [5.74, 6) is 0. The van der Waals surface area contributed by atoms with Crippen LogP contribution >= 0.6 is 56.8 Å². The molecule has 2 nitrogen and oxygen atoms in total. The zero-order chi connectivity index (χ0) is 13.3. The number of nitrogens with zero attached hydrogens (tertiary/aromatic N) is 2. The van der Waals surface area contributed by atoms with Crippen molar-refractivity contribution >= 4 is 79.6 Å². The van der Waals surface area contributed by atoms with Crippen LogP contribution in [0.4, 0.5) is 5.69 Å². The van der Waals surface area contributed by atoms with E-state index in [-0.39, 0.29) is 0 Å². The van der Waals surface area contributed by atoms with E-state index < -0.39 is 0 Å². The highest BCUT2D eigenvalue weighted by atomic mass is 127. The minimum absolute atomic E-state index is 0.745. The maximum atomic E-state index is 6.33. The number of benzene rings is 2. The standard InChI is InChI=1S/C13H11ClI2N2/c1-18(2)7-17-13-11(16)6-10(15)8-4-3-5-9(14)12(8)13/h3-7H,1-2H3. The molecule has 0 aliphatic rings. The highest BCUT2D eigenvalue weighted by Gasteiger charge is 2.11. The first-order valence-electron chi connectivity index (χ1n) is 5.27. The lowest BCUT2D eigenvalue weighted by atomic mass is 10.1. The predicted octanol–water partition coefficient (Wildman–Crippen LogP) is 4.92. The van der Waals surface area contributed by atoms with Gasteiger partial charge in [0.15, 0.2) is 0 Å². The van der Waals surface area contributed by atoms with Gasteiger partial charge in [-0.25, -0.2) is 4.99 Å². The summed E-state index contributed by atoms with van der Waals surface area (Å²) in [4.78, 5) is 6.45. The second-order valence-corrected chi connectivity index (χ2v) is 6.79. The van der Waals surface area contributed by atoms with E-state index in [1.54, 1.807) is 6.34 Å². The Morgan fingerprint density at radius 2 is 1.94 bits per heavy atom. The maximum Gasteiger partial charge on any atom is 0.0907 e. The van der Waals surface area contributed by atoms with E-state index in [1.807, 2.05) is 31.1 Å². The Kier molecular flexibility index (Phi) is 4.71. The average molecular weight is 485 g/mol. The summed E-state index contributed by atoms with van der Waals surface area (Å²) >= 11 is 11.0. The summed E-state index contributed by atoms with van der Waals surface area (Å²) in [6, 6.07) is 8.08. The van der Waals surface area contributed by atoms with Crippen LogP contribution in [0.25, 0.3) is 10.8 Å². The molecule has 0 N–H and O–H groups in total. The van der Waals surface area contributed by atoms with E-state index >= 15 is 0 Å². The zero-order valence-corrected chi connectivity index (χ0v) is 15.0. The van der Waals surface area contributed by atoms with Gasteiger partial charge in [-0.1, -0.05) is 23.7 Å². The number of hydrogen-bond acceptors (Lipinski definition) is 1. The first kappa shape index (κ1) is 14.3. The molecule has 0 fully saturated rings. The van der Waals surface area contributed by atoms with Crippen LogP contribution in [0.3, 0.4) is 0 Å². The van der Waals surface area contributed by atoms with Gasteiger partial charge in [0.1, 0.15) is 0 Å². The maximum absolute atomic E-state index is 6.33. The molecule has 0 saturated heterocycles. The van der Waals surface area contributed by atoms with Crippen LogP contribution in [0.2, 0.25) is 5.02 Å². The summed E-state index contributed by atoms with van der Waals surface area (Å²) in [6.45, 7) is 0. The van der Waals surface area contributed by atoms with Crippen LogP contribution in [-0.2, 0) is 0 Å². The molecule has 0 aromatic heterocycles. The molecular formula is C13H11ClI2N2. The largest absolute Gasteiger partial charge is 0.369 e. The molecule has 5 heteroatoms. The number of halogens is 3. The van der Waals surface area contributed by atoms with Gasteiger partial charge in [0.25, 0.3) is 0 Å². The van der Waals surface area contributed by atoms with E-state index in [2.05, 4.69) is 62.3 Å². The van der Waals surface area contributed by atoms with Crippen LogP contribution in [0.15, 0.2) is 29.3 Å². The second-order valence-electron chi connectivity index (χ2n) is 4.06. The third-order valence-corrected chi connectivity index (χ3v) is 4.43. The van der Waals surface area contributed by atoms with E-state index in [4.69, 9.17) is 11.6 Å². The Morgan fingerprint density at radius 1 is 1.22 bits per heavy atom. The lowest BCUT2D eigenvalue weighted by Crippen LogP contribution is -2.07. The molecule has 0 heterocycles. The van der Waals surface area contributed by atoms with Crippen molar-refractivity contribution in [2.75, 3.05) is 14.1 Å². The Labute approximate surface area is 139 Å². The molecule has 0 radical (unpaired) electrons. The first-order valence-corrected chi connectivity index (χ1v) is 7.81. The van der Waals surface area contributed by atoms with Crippen LogP contribution in [-0.4, -0.2) is 25.3 Å². The second kappa shape index (κ2) is 5.92. The van der Waals surface area contributed by atoms with Gasteiger partial charge >= 0.3 is 0 Å². The smallest absolute Gasteiger partial charge is 0.0907 e. The number of aliphatic imine (C=N–C) groups is 1. The molecule has 2 rings (SSSR count). The molecule has 0 aliphatic carbocycles. The summed E-state index contributed by atoms with van der Waals surface area (Å²) in [5, 5.41) is 2.91. The van der Waals surface area contributed by atoms with Gasteiger partial charge in [-0.3, -0.25) is 0 Å². The topological polar surface area (TPSA) is 15.6 Å². The highest BCUT2D eigenvalue weighted by molar-refractivity contribution is 14.1. The number of fused-ring (bicyclic) bond motifs is 1. The monoisotopic (exact) mass is 484 g/mol. The SMILES string of the molecule is CN(C)C=Nc1c(I)cc(I)c2cccc(Cl)c12. The van der Waals surface area contributed by atoms with Gasteiger partial charge in [0, 0.05) is 26.6 Å². The Balaban J connectivity index is 2.79. The molecule has 0 aliphatic heterocycles. The van der Waals surface area contributed by atoms with Crippen LogP contribution in [0.5, 0.6) is 0 Å². The molecule has 0 saturated carbocycles. The van der Waals surface area contributed by atoms with E-state index in [0.29, 0.717) is 0 Å². The fourth-order valence-electron chi connectivity index (χ4n) is 1.64. The van der Waals surface area contributed by atoms with Gasteiger partial charge in [-0.2, -0.15) is 0 Å². The van der Waals surface area contributed by atoms with Crippen LogP contribution < -0.4 is 0 Å². The third-order valence-electron chi connectivity index (χ3n) is 2.41. The van der Waals surface area contributed by atoms with Gasteiger partial charge in [-0.05, 0) is 62.7 Å². The molecule has 94 valence electrons. The van der Waals surface area contributed by atoms with Gasteiger partial charge in [-0.15, -0.1) is 0 Å². The van der Waals surface area contributed by atoms with Crippen molar-refractivity contribution in [2.45, 2.75) is 0 Å². The van der Waals surface area contributed by atoms with Crippen molar-refractivity contribution < 1.29 is 0 Å². The zero-order valence-electron chi connectivity index (χ0n) is 9.92. The van der Waals surface area contributed by atoms with Crippen molar-refractivity contribution in [1.29, 1.82) is 0 Å². The molecule has 18 heavy (non-hydrogen) atoms. The molecule has 2 aromatic rings. The quantitative estimate of drug-likeness (QED) is 0.336. The lowest BCUT2D eigenvalue weighted by molar-refractivity contribution is 0.643. The molecule has 0 bridgehead atoms. The normalized spacial score (nSPS) is 11.4. The fourth-order valence-corrected chi connectivity index (χ4v) is 3.98.